The lowest BCUT2D eigenvalue weighted by Gasteiger charge is -2.21. The van der Waals surface area contributed by atoms with Gasteiger partial charge < -0.3 is 20.4 Å². The van der Waals surface area contributed by atoms with Gasteiger partial charge in [-0.1, -0.05) is 26.0 Å². The number of likely N-dealkylation sites (N-methyl/N-ethyl adjacent to an activating group) is 1. The summed E-state index contributed by atoms with van der Waals surface area (Å²) in [5.74, 6) is 0.112. The Kier molecular flexibility index (Phi) is 6.40. The van der Waals surface area contributed by atoms with Crippen LogP contribution in [0.5, 0.6) is 0 Å². The molecule has 1 saturated heterocycles. The highest BCUT2D eigenvalue weighted by molar-refractivity contribution is 6.01. The third-order valence-electron chi connectivity index (χ3n) is 4.12. The van der Waals surface area contributed by atoms with Crippen LogP contribution in [0, 0.1) is 0 Å². The summed E-state index contributed by atoms with van der Waals surface area (Å²) in [4.78, 5) is 28.0. The number of urea groups is 1. The van der Waals surface area contributed by atoms with Crippen molar-refractivity contribution < 1.29 is 9.59 Å². The molecule has 2 rings (SSSR count). The number of nitrogens with zero attached hydrogens (tertiary/aromatic N) is 2. The number of anilines is 2. The summed E-state index contributed by atoms with van der Waals surface area (Å²) < 4.78 is 0. The molecule has 0 unspecified atom stereocenters. The Labute approximate surface area is 137 Å². The van der Waals surface area contributed by atoms with Crippen LogP contribution in [0.4, 0.5) is 16.2 Å². The predicted octanol–water partition coefficient (Wildman–Crippen LogP) is 2.28. The van der Waals surface area contributed by atoms with Gasteiger partial charge in [0.2, 0.25) is 5.91 Å². The molecule has 1 fully saturated rings. The molecule has 0 saturated carbocycles. The molecule has 0 aromatic heterocycles. The van der Waals surface area contributed by atoms with Crippen molar-refractivity contribution in [2.45, 2.75) is 26.7 Å². The minimum atomic E-state index is -0.240. The van der Waals surface area contributed by atoms with Crippen LogP contribution in [0.1, 0.15) is 26.7 Å². The Balaban J connectivity index is 1.92. The molecule has 0 aliphatic carbocycles. The summed E-state index contributed by atoms with van der Waals surface area (Å²) in [5, 5.41) is 5.72. The average Bonchev–Trinajstić information content (AvgIpc) is 2.98. The first-order valence-electron chi connectivity index (χ1n) is 8.32. The van der Waals surface area contributed by atoms with Gasteiger partial charge in [-0.3, -0.25) is 4.79 Å². The SMILES string of the molecule is CCN(CC)CCNC(=O)Nc1ccccc1N1CCCC1=O. The highest BCUT2D eigenvalue weighted by atomic mass is 16.2. The van der Waals surface area contributed by atoms with Gasteiger partial charge in [-0.05, 0) is 31.6 Å². The molecule has 1 aliphatic rings. The largest absolute Gasteiger partial charge is 0.337 e. The Bertz CT molecular complexity index is 543. The van der Waals surface area contributed by atoms with Crippen molar-refractivity contribution >= 4 is 23.3 Å². The second kappa shape index (κ2) is 8.53. The molecular weight excluding hydrogens is 292 g/mol. The van der Waals surface area contributed by atoms with E-state index in [1.54, 1.807) is 4.90 Å². The average molecular weight is 318 g/mol. The second-order valence-electron chi connectivity index (χ2n) is 5.57. The molecule has 6 heteroatoms. The highest BCUT2D eigenvalue weighted by Gasteiger charge is 2.24. The maximum Gasteiger partial charge on any atom is 0.319 e. The van der Waals surface area contributed by atoms with Crippen LogP contribution in [0.15, 0.2) is 24.3 Å². The van der Waals surface area contributed by atoms with Crippen LogP contribution in [0.2, 0.25) is 0 Å². The summed E-state index contributed by atoms with van der Waals surface area (Å²) in [7, 11) is 0. The van der Waals surface area contributed by atoms with Crippen molar-refractivity contribution in [1.29, 1.82) is 0 Å². The molecule has 23 heavy (non-hydrogen) atoms. The quantitative estimate of drug-likeness (QED) is 0.810. The molecule has 0 bridgehead atoms. The zero-order chi connectivity index (χ0) is 16.7. The first kappa shape index (κ1) is 17.3. The third-order valence-corrected chi connectivity index (χ3v) is 4.12. The fraction of sp³-hybridized carbons (Fsp3) is 0.529. The van der Waals surface area contributed by atoms with E-state index in [1.165, 1.54) is 0 Å². The fourth-order valence-electron chi connectivity index (χ4n) is 2.75. The molecule has 1 heterocycles. The summed E-state index contributed by atoms with van der Waals surface area (Å²) in [6.45, 7) is 8.28. The molecule has 6 nitrogen and oxygen atoms in total. The minimum Gasteiger partial charge on any atom is -0.337 e. The summed E-state index contributed by atoms with van der Waals surface area (Å²) in [5.41, 5.74) is 1.44. The van der Waals surface area contributed by atoms with E-state index >= 15 is 0 Å². The second-order valence-corrected chi connectivity index (χ2v) is 5.57. The zero-order valence-corrected chi connectivity index (χ0v) is 14.0. The van der Waals surface area contributed by atoms with E-state index in [4.69, 9.17) is 0 Å². The van der Waals surface area contributed by atoms with Crippen LogP contribution in [-0.2, 0) is 4.79 Å². The van der Waals surface area contributed by atoms with Crippen molar-refractivity contribution in [1.82, 2.24) is 10.2 Å². The minimum absolute atomic E-state index is 0.112. The Morgan fingerprint density at radius 3 is 2.65 bits per heavy atom. The van der Waals surface area contributed by atoms with Crippen LogP contribution >= 0.6 is 0 Å². The van der Waals surface area contributed by atoms with Gasteiger partial charge in [0.1, 0.15) is 0 Å². The Morgan fingerprint density at radius 1 is 1.26 bits per heavy atom. The normalized spacial score (nSPS) is 14.4. The molecular formula is C17H26N4O2. The number of benzene rings is 1. The summed E-state index contributed by atoms with van der Waals surface area (Å²) >= 11 is 0. The van der Waals surface area contributed by atoms with Gasteiger partial charge in [-0.2, -0.15) is 0 Å². The Hall–Kier alpha value is -2.08. The molecule has 1 aromatic rings. The van der Waals surface area contributed by atoms with Gasteiger partial charge in [-0.15, -0.1) is 0 Å². The van der Waals surface area contributed by atoms with Gasteiger partial charge in [-0.25, -0.2) is 4.79 Å². The molecule has 3 amide bonds. The number of para-hydroxylation sites is 2. The monoisotopic (exact) mass is 318 g/mol. The molecule has 1 aliphatic heterocycles. The first-order valence-corrected chi connectivity index (χ1v) is 8.32. The van der Waals surface area contributed by atoms with Crippen molar-refractivity contribution in [2.75, 3.05) is 42.9 Å². The third kappa shape index (κ3) is 4.69. The highest BCUT2D eigenvalue weighted by Crippen LogP contribution is 2.29. The molecule has 1 aromatic carbocycles. The van der Waals surface area contributed by atoms with Gasteiger partial charge in [0.05, 0.1) is 11.4 Å². The molecule has 2 N–H and O–H groups in total. The Morgan fingerprint density at radius 2 is 2.00 bits per heavy atom. The standard InChI is InChI=1S/C17H26N4O2/c1-3-20(4-2)13-11-18-17(23)19-14-8-5-6-9-15(14)21-12-7-10-16(21)22/h5-6,8-9H,3-4,7,10-13H2,1-2H3,(H2,18,19,23). The number of carbonyl (C=O) groups is 2. The van der Waals surface area contributed by atoms with Gasteiger partial charge in [0.15, 0.2) is 0 Å². The maximum absolute atomic E-state index is 12.1. The van der Waals surface area contributed by atoms with Crippen molar-refractivity contribution in [2.24, 2.45) is 0 Å². The van der Waals surface area contributed by atoms with Gasteiger partial charge in [0, 0.05) is 26.1 Å². The number of hydrogen-bond donors (Lipinski definition) is 2. The molecule has 0 atom stereocenters. The lowest BCUT2D eigenvalue weighted by molar-refractivity contribution is -0.117. The summed E-state index contributed by atoms with van der Waals surface area (Å²) in [6.07, 6.45) is 1.44. The number of amides is 3. The molecule has 0 spiro atoms. The van der Waals surface area contributed by atoms with E-state index in [0.717, 1.165) is 31.7 Å². The number of rotatable bonds is 7. The molecule has 0 radical (unpaired) electrons. The number of carbonyl (C=O) groups excluding carboxylic acids is 2. The van der Waals surface area contributed by atoms with E-state index in [2.05, 4.69) is 29.4 Å². The van der Waals surface area contributed by atoms with Gasteiger partial charge >= 0.3 is 6.03 Å². The van der Waals surface area contributed by atoms with E-state index in [9.17, 15) is 9.59 Å². The summed E-state index contributed by atoms with van der Waals surface area (Å²) in [6, 6.07) is 7.19. The van der Waals surface area contributed by atoms with Crippen molar-refractivity contribution in [3.8, 4) is 0 Å². The van der Waals surface area contributed by atoms with Crippen molar-refractivity contribution in [3.63, 3.8) is 0 Å². The van der Waals surface area contributed by atoms with Crippen molar-refractivity contribution in [3.05, 3.63) is 24.3 Å². The van der Waals surface area contributed by atoms with E-state index in [1.807, 2.05) is 24.3 Å². The lowest BCUT2D eigenvalue weighted by atomic mass is 10.2. The van der Waals surface area contributed by atoms with Crippen LogP contribution in [0.25, 0.3) is 0 Å². The number of nitrogens with one attached hydrogen (secondary N) is 2. The smallest absolute Gasteiger partial charge is 0.319 e. The number of hydrogen-bond acceptors (Lipinski definition) is 3. The van der Waals surface area contributed by atoms with Crippen LogP contribution in [0.3, 0.4) is 0 Å². The van der Waals surface area contributed by atoms with E-state index < -0.39 is 0 Å². The van der Waals surface area contributed by atoms with E-state index in [-0.39, 0.29) is 11.9 Å². The maximum atomic E-state index is 12.1. The topological polar surface area (TPSA) is 64.7 Å². The first-order chi connectivity index (χ1) is 11.2. The zero-order valence-electron chi connectivity index (χ0n) is 14.0. The fourth-order valence-corrected chi connectivity index (χ4v) is 2.75. The van der Waals surface area contributed by atoms with Gasteiger partial charge in [0.25, 0.3) is 0 Å². The molecule has 126 valence electrons. The van der Waals surface area contributed by atoms with E-state index in [0.29, 0.717) is 25.2 Å². The predicted molar refractivity (Wildman–Crippen MR) is 92.8 cm³/mol. The van der Waals surface area contributed by atoms with Crippen LogP contribution < -0.4 is 15.5 Å². The lowest BCUT2D eigenvalue weighted by Crippen LogP contribution is -2.37. The van der Waals surface area contributed by atoms with Crippen LogP contribution in [-0.4, -0.2) is 49.6 Å².